The molecule has 1 atom stereocenters. The van der Waals surface area contributed by atoms with Crippen LogP contribution in [0, 0.1) is 5.92 Å². The Kier molecular flexibility index (Phi) is 4.33. The van der Waals surface area contributed by atoms with E-state index in [1.54, 1.807) is 6.08 Å². The van der Waals surface area contributed by atoms with Crippen molar-refractivity contribution in [1.29, 1.82) is 0 Å². The molecule has 5 N–H and O–H groups in total. The highest BCUT2D eigenvalue weighted by molar-refractivity contribution is 6.02. The van der Waals surface area contributed by atoms with E-state index in [2.05, 4.69) is 20.5 Å². The molecule has 98 valence electrons. The van der Waals surface area contributed by atoms with E-state index >= 15 is 0 Å². The Morgan fingerprint density at radius 1 is 1.39 bits per heavy atom. The van der Waals surface area contributed by atoms with Crippen LogP contribution in [0.2, 0.25) is 0 Å². The Labute approximate surface area is 107 Å². The van der Waals surface area contributed by atoms with Gasteiger partial charge in [0.05, 0.1) is 12.4 Å². The molecule has 0 radical (unpaired) electrons. The Morgan fingerprint density at radius 2 is 2.17 bits per heavy atom. The predicted molar refractivity (Wildman–Crippen MR) is 74.4 cm³/mol. The fourth-order valence-corrected chi connectivity index (χ4v) is 2.50. The SMILES string of the molecule is NC=N/C=C\C(N)=NC1=NNC(C2CCCC2)C1. The molecule has 1 heterocycles. The van der Waals surface area contributed by atoms with Gasteiger partial charge in [-0.25, -0.2) is 9.98 Å². The lowest BCUT2D eigenvalue weighted by Gasteiger charge is -2.16. The molecule has 0 aromatic rings. The van der Waals surface area contributed by atoms with Gasteiger partial charge in [0.1, 0.15) is 5.84 Å². The monoisotopic (exact) mass is 248 g/mol. The molecule has 0 aromatic heterocycles. The van der Waals surface area contributed by atoms with Crippen LogP contribution in [0.25, 0.3) is 0 Å². The van der Waals surface area contributed by atoms with E-state index in [1.807, 2.05) is 0 Å². The van der Waals surface area contributed by atoms with Crippen molar-refractivity contribution in [3.05, 3.63) is 12.3 Å². The van der Waals surface area contributed by atoms with Crippen molar-refractivity contribution >= 4 is 18.0 Å². The van der Waals surface area contributed by atoms with E-state index in [-0.39, 0.29) is 0 Å². The summed E-state index contributed by atoms with van der Waals surface area (Å²) in [6.07, 6.45) is 10.4. The average molecular weight is 248 g/mol. The minimum atomic E-state index is 0.397. The van der Waals surface area contributed by atoms with E-state index in [0.717, 1.165) is 18.2 Å². The third-order valence-electron chi connectivity index (χ3n) is 3.41. The third-order valence-corrected chi connectivity index (χ3v) is 3.41. The lowest BCUT2D eigenvalue weighted by atomic mass is 9.96. The second kappa shape index (κ2) is 6.18. The van der Waals surface area contributed by atoms with Crippen LogP contribution in [0.5, 0.6) is 0 Å². The lowest BCUT2D eigenvalue weighted by Crippen LogP contribution is -2.27. The van der Waals surface area contributed by atoms with Crippen LogP contribution in [-0.4, -0.2) is 24.1 Å². The Balaban J connectivity index is 1.86. The van der Waals surface area contributed by atoms with Gasteiger partial charge >= 0.3 is 0 Å². The van der Waals surface area contributed by atoms with Crippen LogP contribution in [-0.2, 0) is 0 Å². The first-order valence-corrected chi connectivity index (χ1v) is 6.36. The lowest BCUT2D eigenvalue weighted by molar-refractivity contribution is 0.392. The highest BCUT2D eigenvalue weighted by Crippen LogP contribution is 2.30. The van der Waals surface area contributed by atoms with Crippen molar-refractivity contribution < 1.29 is 0 Å². The molecule has 1 aliphatic carbocycles. The molecule has 6 nitrogen and oxygen atoms in total. The molecule has 18 heavy (non-hydrogen) atoms. The summed E-state index contributed by atoms with van der Waals surface area (Å²) < 4.78 is 0. The molecule has 1 fully saturated rings. The molecular weight excluding hydrogens is 228 g/mol. The van der Waals surface area contributed by atoms with Gasteiger partial charge in [0, 0.05) is 12.6 Å². The molecule has 6 heteroatoms. The number of nitrogens with zero attached hydrogens (tertiary/aromatic N) is 3. The number of hydrogen-bond acceptors (Lipinski definition) is 4. The fraction of sp³-hybridized carbons (Fsp3) is 0.583. The first-order chi connectivity index (χ1) is 8.79. The molecule has 0 aromatic carbocycles. The van der Waals surface area contributed by atoms with Crippen LogP contribution in [0.3, 0.4) is 0 Å². The summed E-state index contributed by atoms with van der Waals surface area (Å²) in [5.74, 6) is 1.90. The van der Waals surface area contributed by atoms with E-state index in [9.17, 15) is 0 Å². The Bertz CT molecular complexity index is 389. The molecule has 0 bridgehead atoms. The number of aliphatic imine (C=N–C) groups is 2. The highest BCUT2D eigenvalue weighted by atomic mass is 15.4. The quantitative estimate of drug-likeness (QED) is 0.506. The van der Waals surface area contributed by atoms with Crippen LogP contribution in [0.15, 0.2) is 27.4 Å². The summed E-state index contributed by atoms with van der Waals surface area (Å²) in [7, 11) is 0. The molecule has 0 spiro atoms. The predicted octanol–water partition coefficient (Wildman–Crippen LogP) is 0.710. The molecule has 1 saturated carbocycles. The molecule has 0 saturated heterocycles. The van der Waals surface area contributed by atoms with Crippen LogP contribution in [0.1, 0.15) is 32.1 Å². The minimum absolute atomic E-state index is 0.397. The molecular formula is C12H20N6. The van der Waals surface area contributed by atoms with Gasteiger partial charge in [0.15, 0.2) is 5.84 Å². The number of nitrogens with two attached hydrogens (primary N) is 2. The minimum Gasteiger partial charge on any atom is -0.390 e. The highest BCUT2D eigenvalue weighted by Gasteiger charge is 2.29. The summed E-state index contributed by atoms with van der Waals surface area (Å²) in [6, 6.07) is 0.435. The standard InChI is InChI=1S/C12H20N6/c13-8-15-6-5-11(14)16-12-7-10(17-18-12)9-3-1-2-4-9/h5-6,8-10,17H,1-4,7H2,(H2,13,15)(H2,14,16,18)/b6-5-. The number of amidine groups is 2. The van der Waals surface area contributed by atoms with Gasteiger partial charge in [-0.1, -0.05) is 12.8 Å². The first kappa shape index (κ1) is 12.6. The number of hydrogen-bond donors (Lipinski definition) is 3. The van der Waals surface area contributed by atoms with Crippen LogP contribution in [0.4, 0.5) is 0 Å². The number of nitrogens with one attached hydrogen (secondary N) is 1. The Morgan fingerprint density at radius 3 is 2.89 bits per heavy atom. The maximum atomic E-state index is 5.73. The van der Waals surface area contributed by atoms with Gasteiger partial charge in [0.2, 0.25) is 0 Å². The van der Waals surface area contributed by atoms with E-state index in [0.29, 0.717) is 11.9 Å². The fourth-order valence-electron chi connectivity index (χ4n) is 2.50. The molecule has 2 rings (SSSR count). The van der Waals surface area contributed by atoms with Crippen molar-refractivity contribution in [2.24, 2.45) is 32.5 Å². The topological polar surface area (TPSA) is 101 Å². The second-order valence-electron chi connectivity index (χ2n) is 4.66. The van der Waals surface area contributed by atoms with Crippen molar-refractivity contribution in [2.75, 3.05) is 0 Å². The first-order valence-electron chi connectivity index (χ1n) is 6.36. The summed E-state index contributed by atoms with van der Waals surface area (Å²) >= 11 is 0. The normalized spacial score (nSPS) is 26.1. The molecule has 1 aliphatic heterocycles. The van der Waals surface area contributed by atoms with E-state index in [1.165, 1.54) is 38.2 Å². The largest absolute Gasteiger partial charge is 0.390 e. The zero-order valence-electron chi connectivity index (χ0n) is 10.4. The summed E-state index contributed by atoms with van der Waals surface area (Å²) in [5, 5.41) is 4.23. The molecule has 2 aliphatic rings. The maximum absolute atomic E-state index is 5.73. The zero-order valence-corrected chi connectivity index (χ0v) is 10.4. The summed E-state index contributed by atoms with van der Waals surface area (Å²) in [4.78, 5) is 7.97. The van der Waals surface area contributed by atoms with Gasteiger partial charge in [-0.15, -0.1) is 0 Å². The molecule has 0 amide bonds. The van der Waals surface area contributed by atoms with Gasteiger partial charge < -0.3 is 16.9 Å². The Hall–Kier alpha value is -1.85. The maximum Gasteiger partial charge on any atom is 0.152 e. The molecule has 1 unspecified atom stereocenters. The van der Waals surface area contributed by atoms with Crippen LogP contribution >= 0.6 is 0 Å². The van der Waals surface area contributed by atoms with Crippen molar-refractivity contribution in [3.8, 4) is 0 Å². The summed E-state index contributed by atoms with van der Waals surface area (Å²) in [5.41, 5.74) is 14.0. The zero-order chi connectivity index (χ0) is 12.8. The van der Waals surface area contributed by atoms with Crippen LogP contribution < -0.4 is 16.9 Å². The third kappa shape index (κ3) is 3.32. The van der Waals surface area contributed by atoms with Crippen molar-refractivity contribution in [1.82, 2.24) is 5.43 Å². The van der Waals surface area contributed by atoms with E-state index < -0.39 is 0 Å². The van der Waals surface area contributed by atoms with Gasteiger partial charge in [-0.2, -0.15) is 5.10 Å². The number of rotatable bonds is 3. The van der Waals surface area contributed by atoms with Gasteiger partial charge in [0.25, 0.3) is 0 Å². The smallest absolute Gasteiger partial charge is 0.152 e. The van der Waals surface area contributed by atoms with E-state index in [4.69, 9.17) is 11.5 Å². The van der Waals surface area contributed by atoms with Crippen molar-refractivity contribution in [3.63, 3.8) is 0 Å². The van der Waals surface area contributed by atoms with Gasteiger partial charge in [-0.05, 0) is 24.8 Å². The summed E-state index contributed by atoms with van der Waals surface area (Å²) in [6.45, 7) is 0. The van der Waals surface area contributed by atoms with Crippen molar-refractivity contribution in [2.45, 2.75) is 38.1 Å². The van der Waals surface area contributed by atoms with Gasteiger partial charge in [-0.3, -0.25) is 0 Å². The number of hydrazone groups is 1. The average Bonchev–Trinajstić information content (AvgIpc) is 2.98. The second-order valence-corrected chi connectivity index (χ2v) is 4.66.